The summed E-state index contributed by atoms with van der Waals surface area (Å²) in [6.45, 7) is 2.04. The molecule has 1 aromatic heterocycles. The fraction of sp³-hybridized carbons (Fsp3) is 0.167. The zero-order chi connectivity index (χ0) is 14.0. The number of sulfonamides is 1. The summed E-state index contributed by atoms with van der Waals surface area (Å²) in [4.78, 5) is 0. The number of nitrogens with two attached hydrogens (primary N) is 1. The lowest BCUT2D eigenvalue weighted by Gasteiger charge is -2.08. The number of nitrogens with one attached hydrogen (secondary N) is 1. The lowest BCUT2D eigenvalue weighted by molar-refractivity contribution is 0.417. The van der Waals surface area contributed by atoms with Crippen molar-refractivity contribution >= 4 is 31.6 Å². The minimum atomic E-state index is -3.74. The minimum absolute atomic E-state index is 0.152. The summed E-state index contributed by atoms with van der Waals surface area (Å²) in [5.74, 6) is 0.420. The summed E-state index contributed by atoms with van der Waals surface area (Å²) < 4.78 is 32.5. The highest BCUT2D eigenvalue weighted by Gasteiger charge is 2.19. The zero-order valence-corrected chi connectivity index (χ0v) is 12.6. The average Bonchev–Trinajstić information content (AvgIpc) is 2.83. The number of hydrogen-bond acceptors (Lipinski definition) is 4. The van der Waals surface area contributed by atoms with Crippen molar-refractivity contribution in [3.05, 3.63) is 46.1 Å². The maximum Gasteiger partial charge on any atom is 0.295 e. The van der Waals surface area contributed by atoms with Crippen molar-refractivity contribution in [3.8, 4) is 0 Å². The van der Waals surface area contributed by atoms with E-state index in [9.17, 15) is 8.42 Å². The Morgan fingerprint density at radius 2 is 2.05 bits per heavy atom. The minimum Gasteiger partial charge on any atom is -0.446 e. The SMILES string of the molecule is Cc1ccc(Br)c(NS(=O)(=O)c2ccc(CN)o2)c1. The summed E-state index contributed by atoms with van der Waals surface area (Å²) >= 11 is 3.30. The second-order valence-electron chi connectivity index (χ2n) is 4.01. The van der Waals surface area contributed by atoms with Gasteiger partial charge in [0.2, 0.25) is 5.09 Å². The van der Waals surface area contributed by atoms with Gasteiger partial charge in [0, 0.05) is 4.47 Å². The molecule has 0 aliphatic carbocycles. The van der Waals surface area contributed by atoms with Gasteiger partial charge >= 0.3 is 0 Å². The molecule has 0 radical (unpaired) electrons. The van der Waals surface area contributed by atoms with Crippen LogP contribution < -0.4 is 10.5 Å². The first-order valence-corrected chi connectivity index (χ1v) is 7.78. The molecule has 19 heavy (non-hydrogen) atoms. The van der Waals surface area contributed by atoms with E-state index in [-0.39, 0.29) is 11.6 Å². The van der Waals surface area contributed by atoms with Crippen LogP contribution in [0.25, 0.3) is 0 Å². The Kier molecular flexibility index (Phi) is 3.98. The first kappa shape index (κ1) is 14.1. The quantitative estimate of drug-likeness (QED) is 0.892. The van der Waals surface area contributed by atoms with Gasteiger partial charge in [0.05, 0.1) is 12.2 Å². The number of furan rings is 1. The van der Waals surface area contributed by atoms with Gasteiger partial charge in [-0.05, 0) is 52.7 Å². The average molecular weight is 345 g/mol. The molecule has 1 heterocycles. The monoisotopic (exact) mass is 344 g/mol. The van der Waals surface area contributed by atoms with E-state index in [4.69, 9.17) is 10.2 Å². The maximum absolute atomic E-state index is 12.1. The molecule has 0 saturated carbocycles. The van der Waals surface area contributed by atoms with Crippen molar-refractivity contribution in [1.29, 1.82) is 0 Å². The van der Waals surface area contributed by atoms with Crippen molar-refractivity contribution in [2.75, 3.05) is 4.72 Å². The molecule has 102 valence electrons. The fourth-order valence-electron chi connectivity index (χ4n) is 1.52. The standard InChI is InChI=1S/C12H13BrN2O3S/c1-8-2-4-10(13)11(6-8)15-19(16,17)12-5-3-9(7-14)18-12/h2-6,15H,7,14H2,1H3. The Bertz CT molecular complexity index is 695. The summed E-state index contributed by atoms with van der Waals surface area (Å²) in [5.41, 5.74) is 6.80. The predicted molar refractivity (Wildman–Crippen MR) is 76.3 cm³/mol. The molecule has 2 rings (SSSR count). The summed E-state index contributed by atoms with van der Waals surface area (Å²) in [5, 5.41) is -0.152. The Morgan fingerprint density at radius 3 is 2.68 bits per heavy atom. The molecule has 0 aliphatic rings. The number of benzene rings is 1. The van der Waals surface area contributed by atoms with Gasteiger partial charge in [-0.2, -0.15) is 8.42 Å². The largest absolute Gasteiger partial charge is 0.446 e. The van der Waals surface area contributed by atoms with E-state index in [2.05, 4.69) is 20.7 Å². The van der Waals surface area contributed by atoms with Crippen LogP contribution in [0.4, 0.5) is 5.69 Å². The molecule has 0 bridgehead atoms. The van der Waals surface area contributed by atoms with Crippen molar-refractivity contribution in [1.82, 2.24) is 0 Å². The molecule has 0 amide bonds. The normalized spacial score (nSPS) is 11.5. The number of aryl methyl sites for hydroxylation is 1. The highest BCUT2D eigenvalue weighted by Crippen LogP contribution is 2.26. The van der Waals surface area contributed by atoms with Crippen LogP contribution in [0.3, 0.4) is 0 Å². The molecule has 7 heteroatoms. The first-order valence-electron chi connectivity index (χ1n) is 5.50. The van der Waals surface area contributed by atoms with E-state index in [1.807, 2.05) is 13.0 Å². The van der Waals surface area contributed by atoms with Gasteiger partial charge < -0.3 is 10.2 Å². The van der Waals surface area contributed by atoms with E-state index >= 15 is 0 Å². The summed E-state index contributed by atoms with van der Waals surface area (Å²) in [6.07, 6.45) is 0. The van der Waals surface area contributed by atoms with Crippen LogP contribution in [0.15, 0.2) is 44.3 Å². The molecule has 0 aliphatic heterocycles. The van der Waals surface area contributed by atoms with Crippen molar-refractivity contribution in [3.63, 3.8) is 0 Å². The van der Waals surface area contributed by atoms with Gasteiger partial charge in [-0.15, -0.1) is 0 Å². The van der Waals surface area contributed by atoms with Gasteiger partial charge in [-0.3, -0.25) is 4.72 Å². The number of hydrogen-bond donors (Lipinski definition) is 2. The van der Waals surface area contributed by atoms with E-state index in [0.29, 0.717) is 15.9 Å². The Morgan fingerprint density at radius 1 is 1.32 bits per heavy atom. The third kappa shape index (κ3) is 3.17. The first-order chi connectivity index (χ1) is 8.92. The molecule has 3 N–H and O–H groups in total. The molecular weight excluding hydrogens is 332 g/mol. The summed E-state index contributed by atoms with van der Waals surface area (Å²) in [6, 6.07) is 8.31. The lowest BCUT2D eigenvalue weighted by atomic mass is 10.2. The van der Waals surface area contributed by atoms with Gasteiger partial charge in [-0.1, -0.05) is 6.07 Å². The summed E-state index contributed by atoms with van der Waals surface area (Å²) in [7, 11) is -3.74. The van der Waals surface area contributed by atoms with E-state index < -0.39 is 10.0 Å². The molecule has 5 nitrogen and oxygen atoms in total. The maximum atomic E-state index is 12.1. The molecule has 0 atom stereocenters. The van der Waals surface area contributed by atoms with Crippen molar-refractivity contribution < 1.29 is 12.8 Å². The van der Waals surface area contributed by atoms with Crippen LogP contribution in [0.2, 0.25) is 0 Å². The molecule has 1 aromatic carbocycles. The van der Waals surface area contributed by atoms with Gasteiger partial charge in [0.15, 0.2) is 0 Å². The number of rotatable bonds is 4. The van der Waals surface area contributed by atoms with Crippen LogP contribution in [-0.2, 0) is 16.6 Å². The molecular formula is C12H13BrN2O3S. The highest BCUT2D eigenvalue weighted by molar-refractivity contribution is 9.10. The van der Waals surface area contributed by atoms with E-state index in [0.717, 1.165) is 5.56 Å². The zero-order valence-electron chi connectivity index (χ0n) is 10.2. The van der Waals surface area contributed by atoms with Crippen LogP contribution in [0, 0.1) is 6.92 Å². The smallest absolute Gasteiger partial charge is 0.295 e. The Labute approximate surface area is 120 Å². The van der Waals surface area contributed by atoms with E-state index in [1.54, 1.807) is 18.2 Å². The number of anilines is 1. The van der Waals surface area contributed by atoms with Gasteiger partial charge in [-0.25, -0.2) is 0 Å². The van der Waals surface area contributed by atoms with Crippen LogP contribution >= 0.6 is 15.9 Å². The molecule has 2 aromatic rings. The van der Waals surface area contributed by atoms with Crippen LogP contribution in [0.1, 0.15) is 11.3 Å². The second kappa shape index (κ2) is 5.36. The molecule has 0 saturated heterocycles. The molecule has 0 spiro atoms. The topological polar surface area (TPSA) is 85.3 Å². The Balaban J connectivity index is 2.33. The van der Waals surface area contributed by atoms with Gasteiger partial charge in [0.1, 0.15) is 5.76 Å². The molecule has 0 unspecified atom stereocenters. The highest BCUT2D eigenvalue weighted by atomic mass is 79.9. The van der Waals surface area contributed by atoms with Gasteiger partial charge in [0.25, 0.3) is 10.0 Å². The van der Waals surface area contributed by atoms with Crippen molar-refractivity contribution in [2.45, 2.75) is 18.6 Å². The van der Waals surface area contributed by atoms with E-state index in [1.165, 1.54) is 6.07 Å². The van der Waals surface area contributed by atoms with Crippen molar-refractivity contribution in [2.24, 2.45) is 5.73 Å². The third-order valence-corrected chi connectivity index (χ3v) is 4.40. The molecule has 0 fully saturated rings. The Hall–Kier alpha value is -1.31. The second-order valence-corrected chi connectivity index (χ2v) is 6.48. The lowest BCUT2D eigenvalue weighted by Crippen LogP contribution is -2.12. The number of halogens is 1. The predicted octanol–water partition coefficient (Wildman–Crippen LogP) is 2.61. The van der Waals surface area contributed by atoms with Crippen LogP contribution in [0.5, 0.6) is 0 Å². The van der Waals surface area contributed by atoms with Crippen LogP contribution in [-0.4, -0.2) is 8.42 Å². The fourth-order valence-corrected chi connectivity index (χ4v) is 3.02. The third-order valence-electron chi connectivity index (χ3n) is 2.47.